The average Bonchev–Trinajstić information content (AvgIpc) is 2.65. The first-order valence-electron chi connectivity index (χ1n) is 9.53. The number of hydrogen-bond donors (Lipinski definition) is 0. The summed E-state index contributed by atoms with van der Waals surface area (Å²) < 4.78 is 22.8. The normalized spacial score (nSPS) is 12.2. The van der Waals surface area contributed by atoms with E-state index >= 15 is 0 Å². The minimum atomic E-state index is 0.216. The summed E-state index contributed by atoms with van der Waals surface area (Å²) in [6.45, 7) is 7.38. The van der Waals surface area contributed by atoms with Crippen molar-refractivity contribution in [2.45, 2.75) is 58.2 Å². The van der Waals surface area contributed by atoms with Gasteiger partial charge in [-0.25, -0.2) is 0 Å². The lowest BCUT2D eigenvalue weighted by molar-refractivity contribution is 0.255. The van der Waals surface area contributed by atoms with Crippen LogP contribution in [0.1, 0.15) is 57.6 Å². The fraction of sp³-hybridized carbons (Fsp3) is 0.714. The van der Waals surface area contributed by atoms with Crippen molar-refractivity contribution in [3.05, 3.63) is 11.1 Å². The lowest BCUT2D eigenvalue weighted by Gasteiger charge is -2.23. The van der Waals surface area contributed by atoms with E-state index in [-0.39, 0.29) is 11.8 Å². The molecule has 0 spiro atoms. The van der Waals surface area contributed by atoms with Gasteiger partial charge in [0.2, 0.25) is 0 Å². The Morgan fingerprint density at radius 1 is 0.704 bits per heavy atom. The Labute approximate surface area is 174 Å². The monoisotopic (exact) mass is 420 g/mol. The van der Waals surface area contributed by atoms with E-state index in [1.54, 1.807) is 21.3 Å². The molecular weight excluding hydrogens is 387 g/mol. The van der Waals surface area contributed by atoms with Gasteiger partial charge in [-0.3, -0.25) is 0 Å². The zero-order valence-corrected chi connectivity index (χ0v) is 19.0. The van der Waals surface area contributed by atoms with Gasteiger partial charge in [0, 0.05) is 0 Å². The van der Waals surface area contributed by atoms with E-state index in [2.05, 4.69) is 20.8 Å². The van der Waals surface area contributed by atoms with Crippen molar-refractivity contribution in [3.63, 3.8) is 0 Å². The van der Waals surface area contributed by atoms with E-state index in [9.17, 15) is 0 Å². The van der Waals surface area contributed by atoms with Crippen LogP contribution in [-0.2, 0) is 11.8 Å². The highest BCUT2D eigenvalue weighted by atomic mass is 35.5. The van der Waals surface area contributed by atoms with E-state index in [1.807, 2.05) is 0 Å². The second kappa shape index (κ2) is 12.5. The van der Waals surface area contributed by atoms with Crippen LogP contribution in [0.3, 0.4) is 0 Å². The van der Waals surface area contributed by atoms with Crippen LogP contribution in [0.4, 0.5) is 0 Å². The molecule has 156 valence electrons. The van der Waals surface area contributed by atoms with Crippen LogP contribution in [0.5, 0.6) is 23.0 Å². The van der Waals surface area contributed by atoms with E-state index < -0.39 is 0 Å². The smallest absolute Gasteiger partial charge is 0.169 e. The molecule has 0 aliphatic heterocycles. The number of methoxy groups -OCH3 is 3. The number of halogens is 2. The van der Waals surface area contributed by atoms with Gasteiger partial charge in [0.15, 0.2) is 23.0 Å². The van der Waals surface area contributed by atoms with Gasteiger partial charge in [-0.1, -0.05) is 40.0 Å². The van der Waals surface area contributed by atoms with Crippen molar-refractivity contribution in [2.75, 3.05) is 27.9 Å². The maximum Gasteiger partial charge on any atom is 0.169 e. The first-order valence-corrected chi connectivity index (χ1v) is 10.6. The summed E-state index contributed by atoms with van der Waals surface area (Å²) in [5, 5.41) is 0. The maximum absolute atomic E-state index is 6.20. The van der Waals surface area contributed by atoms with E-state index in [4.69, 9.17) is 42.1 Å². The van der Waals surface area contributed by atoms with Gasteiger partial charge in [0.1, 0.15) is 0 Å². The fourth-order valence-electron chi connectivity index (χ4n) is 3.18. The Bertz CT molecular complexity index is 543. The first kappa shape index (κ1) is 24.0. The first-order chi connectivity index (χ1) is 12.9. The Morgan fingerprint density at radius 3 is 1.63 bits per heavy atom. The average molecular weight is 421 g/mol. The molecule has 1 aromatic carbocycles. The summed E-state index contributed by atoms with van der Waals surface area (Å²) in [4.78, 5) is 0. The molecule has 0 fully saturated rings. The molecule has 0 amide bonds. The molecule has 0 aliphatic carbocycles. The molecule has 0 radical (unpaired) electrons. The third-order valence-corrected chi connectivity index (χ3v) is 5.26. The van der Waals surface area contributed by atoms with Crippen LogP contribution < -0.4 is 18.9 Å². The topological polar surface area (TPSA) is 36.9 Å². The summed E-state index contributed by atoms with van der Waals surface area (Å²) in [7, 11) is 4.75. The van der Waals surface area contributed by atoms with Gasteiger partial charge in [0.25, 0.3) is 0 Å². The number of alkyl halides is 2. The second-order valence-electron chi connectivity index (χ2n) is 7.22. The Morgan fingerprint density at radius 2 is 1.19 bits per heavy atom. The van der Waals surface area contributed by atoms with Gasteiger partial charge in [0.05, 0.1) is 50.8 Å². The second-order valence-corrected chi connectivity index (χ2v) is 7.75. The van der Waals surface area contributed by atoms with Crippen LogP contribution >= 0.6 is 23.2 Å². The van der Waals surface area contributed by atoms with Gasteiger partial charge in [-0.2, -0.15) is 0 Å². The third kappa shape index (κ3) is 6.53. The number of hydrogen-bond acceptors (Lipinski definition) is 4. The number of ether oxygens (including phenoxy) is 4. The molecule has 0 aliphatic rings. The molecule has 1 atom stereocenters. The van der Waals surface area contributed by atoms with Gasteiger partial charge in [-0.15, -0.1) is 23.2 Å². The third-order valence-electron chi connectivity index (χ3n) is 4.72. The van der Waals surface area contributed by atoms with E-state index in [0.717, 1.165) is 12.3 Å². The van der Waals surface area contributed by atoms with Crippen molar-refractivity contribution in [1.29, 1.82) is 0 Å². The summed E-state index contributed by atoms with van der Waals surface area (Å²) >= 11 is 12.4. The molecule has 0 aromatic heterocycles. The quantitative estimate of drug-likeness (QED) is 0.344. The predicted octanol–water partition coefficient (Wildman–Crippen LogP) is 6.42. The van der Waals surface area contributed by atoms with Crippen molar-refractivity contribution in [1.82, 2.24) is 0 Å². The maximum atomic E-state index is 6.20. The standard InChI is InChI=1S/C21H34Cl2O4/c1-14(2)8-7-9-15(3)10-11-27-21-17(13-23)19(25-5)18(24-4)16(12-22)20(21)26-6/h14-15H,7-13H2,1-6H3. The highest BCUT2D eigenvalue weighted by Crippen LogP contribution is 2.49. The van der Waals surface area contributed by atoms with Crippen molar-refractivity contribution in [2.24, 2.45) is 11.8 Å². The zero-order chi connectivity index (χ0) is 20.4. The molecular formula is C21H34Cl2O4. The molecule has 1 rings (SSSR count). The Kier molecular flexibility index (Phi) is 11.1. The summed E-state index contributed by atoms with van der Waals surface area (Å²) in [6, 6.07) is 0. The minimum absolute atomic E-state index is 0.216. The van der Waals surface area contributed by atoms with Crippen LogP contribution in [-0.4, -0.2) is 27.9 Å². The molecule has 27 heavy (non-hydrogen) atoms. The number of benzene rings is 1. The highest BCUT2D eigenvalue weighted by molar-refractivity contribution is 6.18. The largest absolute Gasteiger partial charge is 0.492 e. The van der Waals surface area contributed by atoms with Crippen molar-refractivity contribution >= 4 is 23.2 Å². The predicted molar refractivity (Wildman–Crippen MR) is 113 cm³/mol. The fourth-order valence-corrected chi connectivity index (χ4v) is 3.66. The molecule has 0 saturated carbocycles. The molecule has 0 saturated heterocycles. The van der Waals surface area contributed by atoms with Crippen LogP contribution in [0.15, 0.2) is 0 Å². The number of rotatable bonds is 13. The Hall–Kier alpha value is -1.00. The van der Waals surface area contributed by atoms with Crippen molar-refractivity contribution < 1.29 is 18.9 Å². The minimum Gasteiger partial charge on any atom is -0.492 e. The molecule has 0 bridgehead atoms. The van der Waals surface area contributed by atoms with Crippen LogP contribution in [0, 0.1) is 11.8 Å². The van der Waals surface area contributed by atoms with Crippen LogP contribution in [0.25, 0.3) is 0 Å². The van der Waals surface area contributed by atoms with Crippen molar-refractivity contribution in [3.8, 4) is 23.0 Å². The zero-order valence-electron chi connectivity index (χ0n) is 17.5. The van der Waals surface area contributed by atoms with Crippen LogP contribution in [0.2, 0.25) is 0 Å². The highest BCUT2D eigenvalue weighted by Gasteiger charge is 2.26. The molecule has 6 heteroatoms. The molecule has 4 nitrogen and oxygen atoms in total. The molecule has 1 unspecified atom stereocenters. The van der Waals surface area contributed by atoms with Gasteiger partial charge >= 0.3 is 0 Å². The Balaban J connectivity index is 2.98. The SMILES string of the molecule is COc1c(CCl)c(OC)c(OCCC(C)CCCC(C)C)c(CCl)c1OC. The van der Waals surface area contributed by atoms with E-state index in [0.29, 0.717) is 46.6 Å². The molecule has 1 aromatic rings. The molecule has 0 heterocycles. The molecule has 0 N–H and O–H groups in total. The van der Waals surface area contributed by atoms with Gasteiger partial charge < -0.3 is 18.9 Å². The lowest BCUT2D eigenvalue weighted by atomic mass is 9.97. The summed E-state index contributed by atoms with van der Waals surface area (Å²) in [5.74, 6) is 4.02. The van der Waals surface area contributed by atoms with E-state index in [1.165, 1.54) is 19.3 Å². The summed E-state index contributed by atoms with van der Waals surface area (Å²) in [6.07, 6.45) is 4.69. The lowest BCUT2D eigenvalue weighted by Crippen LogP contribution is -2.09. The van der Waals surface area contributed by atoms with Gasteiger partial charge in [-0.05, 0) is 18.3 Å². The summed E-state index contributed by atoms with van der Waals surface area (Å²) in [5.41, 5.74) is 1.42.